The molecule has 1 atom stereocenters. The van der Waals surface area contributed by atoms with E-state index in [1.54, 1.807) is 0 Å². The minimum absolute atomic E-state index is 0.122. The van der Waals surface area contributed by atoms with E-state index in [0.29, 0.717) is 11.6 Å². The Labute approximate surface area is 131 Å². The van der Waals surface area contributed by atoms with Gasteiger partial charge in [0.15, 0.2) is 0 Å². The summed E-state index contributed by atoms with van der Waals surface area (Å²) in [5.74, 6) is 0.783. The summed E-state index contributed by atoms with van der Waals surface area (Å²) in [6.45, 7) is 5.62. The SMILES string of the molecule is CCCNC(COc1cccc(Cl)c1)c1ccc(C)nc1. The van der Waals surface area contributed by atoms with Gasteiger partial charge in [-0.25, -0.2) is 0 Å². The maximum atomic E-state index is 5.97. The molecule has 0 radical (unpaired) electrons. The number of hydrogen-bond acceptors (Lipinski definition) is 3. The van der Waals surface area contributed by atoms with Gasteiger partial charge in [0.25, 0.3) is 0 Å². The summed E-state index contributed by atoms with van der Waals surface area (Å²) in [7, 11) is 0. The molecule has 0 aliphatic rings. The van der Waals surface area contributed by atoms with Crippen molar-refractivity contribution in [2.45, 2.75) is 26.3 Å². The molecule has 0 saturated heterocycles. The lowest BCUT2D eigenvalue weighted by molar-refractivity contribution is 0.266. The highest BCUT2D eigenvalue weighted by Crippen LogP contribution is 2.20. The molecule has 2 aromatic rings. The molecule has 1 aromatic heterocycles. The van der Waals surface area contributed by atoms with E-state index in [1.165, 1.54) is 0 Å². The van der Waals surface area contributed by atoms with Crippen molar-refractivity contribution in [3.05, 3.63) is 58.9 Å². The number of rotatable bonds is 7. The van der Waals surface area contributed by atoms with Crippen molar-refractivity contribution in [2.75, 3.05) is 13.2 Å². The lowest BCUT2D eigenvalue weighted by Gasteiger charge is -2.19. The summed E-state index contributed by atoms with van der Waals surface area (Å²) in [5, 5.41) is 4.17. The minimum atomic E-state index is 0.122. The van der Waals surface area contributed by atoms with E-state index in [9.17, 15) is 0 Å². The van der Waals surface area contributed by atoms with Crippen LogP contribution in [0, 0.1) is 6.92 Å². The summed E-state index contributed by atoms with van der Waals surface area (Å²) < 4.78 is 5.86. The van der Waals surface area contributed by atoms with Gasteiger partial charge in [0.2, 0.25) is 0 Å². The van der Waals surface area contributed by atoms with Crippen LogP contribution in [-0.2, 0) is 0 Å². The van der Waals surface area contributed by atoms with Gasteiger partial charge in [0, 0.05) is 16.9 Å². The van der Waals surface area contributed by atoms with E-state index in [1.807, 2.05) is 43.5 Å². The van der Waals surface area contributed by atoms with Crippen LogP contribution in [0.1, 0.15) is 30.6 Å². The van der Waals surface area contributed by atoms with E-state index in [2.05, 4.69) is 23.3 Å². The highest BCUT2D eigenvalue weighted by atomic mass is 35.5. The second-order valence-corrected chi connectivity index (χ2v) is 5.44. The first-order valence-corrected chi connectivity index (χ1v) is 7.61. The van der Waals surface area contributed by atoms with Gasteiger partial charge in [-0.3, -0.25) is 4.98 Å². The molecular weight excluding hydrogens is 284 g/mol. The fraction of sp³-hybridized carbons (Fsp3) is 0.353. The maximum absolute atomic E-state index is 5.97. The molecule has 0 spiro atoms. The molecule has 1 N–H and O–H groups in total. The monoisotopic (exact) mass is 304 g/mol. The van der Waals surface area contributed by atoms with Crippen LogP contribution in [0.15, 0.2) is 42.6 Å². The number of nitrogens with one attached hydrogen (secondary N) is 1. The average molecular weight is 305 g/mol. The first kappa shape index (κ1) is 15.8. The predicted octanol–water partition coefficient (Wildman–Crippen LogP) is 4.16. The zero-order valence-electron chi connectivity index (χ0n) is 12.5. The number of benzene rings is 1. The molecule has 2 rings (SSSR count). The molecule has 21 heavy (non-hydrogen) atoms. The summed E-state index contributed by atoms with van der Waals surface area (Å²) >= 11 is 5.97. The molecule has 1 heterocycles. The third-order valence-corrected chi connectivity index (χ3v) is 3.43. The molecule has 1 unspecified atom stereocenters. The van der Waals surface area contributed by atoms with Crippen LogP contribution in [0.5, 0.6) is 5.75 Å². The van der Waals surface area contributed by atoms with Gasteiger partial charge in [-0.15, -0.1) is 0 Å². The van der Waals surface area contributed by atoms with Gasteiger partial charge >= 0.3 is 0 Å². The highest BCUT2D eigenvalue weighted by Gasteiger charge is 2.12. The van der Waals surface area contributed by atoms with Crippen molar-refractivity contribution in [1.29, 1.82) is 0 Å². The zero-order chi connectivity index (χ0) is 15.1. The standard InChI is InChI=1S/C17H21ClN2O/c1-3-9-19-17(14-8-7-13(2)20-11-14)12-21-16-6-4-5-15(18)10-16/h4-8,10-11,17,19H,3,9,12H2,1-2H3. The molecular formula is C17H21ClN2O. The maximum Gasteiger partial charge on any atom is 0.120 e. The van der Waals surface area contributed by atoms with Crippen LogP contribution >= 0.6 is 11.6 Å². The van der Waals surface area contributed by atoms with Gasteiger partial charge < -0.3 is 10.1 Å². The van der Waals surface area contributed by atoms with Crippen LogP contribution in [0.2, 0.25) is 5.02 Å². The van der Waals surface area contributed by atoms with Gasteiger partial charge in [0.05, 0.1) is 6.04 Å². The third kappa shape index (κ3) is 5.03. The Morgan fingerprint density at radius 2 is 2.14 bits per heavy atom. The quantitative estimate of drug-likeness (QED) is 0.834. The molecule has 4 heteroatoms. The number of aromatic nitrogens is 1. The highest BCUT2D eigenvalue weighted by molar-refractivity contribution is 6.30. The van der Waals surface area contributed by atoms with Crippen LogP contribution in [0.3, 0.4) is 0 Å². The summed E-state index contributed by atoms with van der Waals surface area (Å²) in [6.07, 6.45) is 2.98. The number of halogens is 1. The van der Waals surface area contributed by atoms with Crippen LogP contribution in [0.4, 0.5) is 0 Å². The second-order valence-electron chi connectivity index (χ2n) is 5.01. The first-order chi connectivity index (χ1) is 10.2. The van der Waals surface area contributed by atoms with Crippen molar-refractivity contribution in [3.8, 4) is 5.75 Å². The summed E-state index contributed by atoms with van der Waals surface area (Å²) in [4.78, 5) is 4.36. The molecule has 0 saturated carbocycles. The Bertz CT molecular complexity index is 557. The van der Waals surface area contributed by atoms with Crippen molar-refractivity contribution >= 4 is 11.6 Å². The molecule has 0 fully saturated rings. The average Bonchev–Trinajstić information content (AvgIpc) is 2.49. The number of nitrogens with zero attached hydrogens (tertiary/aromatic N) is 1. The predicted molar refractivity (Wildman–Crippen MR) is 87.0 cm³/mol. The van der Waals surface area contributed by atoms with E-state index in [0.717, 1.165) is 30.0 Å². The number of pyridine rings is 1. The molecule has 1 aromatic carbocycles. The van der Waals surface area contributed by atoms with Crippen molar-refractivity contribution < 1.29 is 4.74 Å². The summed E-state index contributed by atoms with van der Waals surface area (Å²) in [6, 6.07) is 11.7. The largest absolute Gasteiger partial charge is 0.492 e. The number of hydrogen-bond donors (Lipinski definition) is 1. The normalized spacial score (nSPS) is 12.1. The lowest BCUT2D eigenvalue weighted by Crippen LogP contribution is -2.27. The smallest absolute Gasteiger partial charge is 0.120 e. The van der Waals surface area contributed by atoms with E-state index < -0.39 is 0 Å². The van der Waals surface area contributed by atoms with Crippen molar-refractivity contribution in [2.24, 2.45) is 0 Å². The minimum Gasteiger partial charge on any atom is -0.492 e. The Hall–Kier alpha value is -1.58. The second kappa shape index (κ2) is 8.01. The Kier molecular flexibility index (Phi) is 6.03. The Morgan fingerprint density at radius 3 is 2.81 bits per heavy atom. The molecule has 0 aliphatic heterocycles. The molecule has 0 aliphatic carbocycles. The van der Waals surface area contributed by atoms with Gasteiger partial charge in [0.1, 0.15) is 12.4 Å². The number of aryl methyl sites for hydroxylation is 1. The van der Waals surface area contributed by atoms with Gasteiger partial charge in [-0.1, -0.05) is 30.7 Å². The van der Waals surface area contributed by atoms with E-state index in [-0.39, 0.29) is 6.04 Å². The molecule has 0 amide bonds. The Balaban J connectivity index is 2.04. The number of ether oxygens (including phenoxy) is 1. The van der Waals surface area contributed by atoms with Crippen LogP contribution in [0.25, 0.3) is 0 Å². The molecule has 112 valence electrons. The lowest BCUT2D eigenvalue weighted by atomic mass is 10.1. The van der Waals surface area contributed by atoms with Crippen LogP contribution < -0.4 is 10.1 Å². The molecule has 0 bridgehead atoms. The van der Waals surface area contributed by atoms with Gasteiger partial charge in [-0.05, 0) is 49.7 Å². The first-order valence-electron chi connectivity index (χ1n) is 7.23. The van der Waals surface area contributed by atoms with E-state index >= 15 is 0 Å². The molecule has 3 nitrogen and oxygen atoms in total. The van der Waals surface area contributed by atoms with E-state index in [4.69, 9.17) is 16.3 Å². The third-order valence-electron chi connectivity index (χ3n) is 3.19. The zero-order valence-corrected chi connectivity index (χ0v) is 13.2. The fourth-order valence-electron chi connectivity index (χ4n) is 2.01. The summed E-state index contributed by atoms with van der Waals surface area (Å²) in [5.41, 5.74) is 2.15. The van der Waals surface area contributed by atoms with Crippen LogP contribution in [-0.4, -0.2) is 18.1 Å². The van der Waals surface area contributed by atoms with Crippen molar-refractivity contribution in [3.63, 3.8) is 0 Å². The fourth-order valence-corrected chi connectivity index (χ4v) is 2.19. The Morgan fingerprint density at radius 1 is 1.29 bits per heavy atom. The topological polar surface area (TPSA) is 34.1 Å². The van der Waals surface area contributed by atoms with Gasteiger partial charge in [-0.2, -0.15) is 0 Å². The van der Waals surface area contributed by atoms with Crippen molar-refractivity contribution in [1.82, 2.24) is 10.3 Å².